The minimum atomic E-state index is 0.743. The number of hydrogen-bond donors (Lipinski definition) is 1. The Labute approximate surface area is 123 Å². The first-order valence-electron chi connectivity index (χ1n) is 6.70. The first-order valence-corrected chi connectivity index (χ1v) is 7.08. The molecular formula is C16H14ClN3. The molecule has 0 aromatic heterocycles. The van der Waals surface area contributed by atoms with Gasteiger partial charge in [-0.25, -0.2) is 0 Å². The van der Waals surface area contributed by atoms with E-state index in [0.717, 1.165) is 23.7 Å². The number of benzene rings is 2. The van der Waals surface area contributed by atoms with Crippen molar-refractivity contribution >= 4 is 23.0 Å². The Bertz CT molecular complexity index is 696. The molecule has 4 rings (SSSR count). The van der Waals surface area contributed by atoms with Gasteiger partial charge in [-0.3, -0.25) is 10.0 Å². The summed E-state index contributed by atoms with van der Waals surface area (Å²) in [6.07, 6.45) is 3.19. The van der Waals surface area contributed by atoms with Crippen LogP contribution in [0.4, 0.5) is 5.69 Å². The van der Waals surface area contributed by atoms with Gasteiger partial charge < -0.3 is 0 Å². The van der Waals surface area contributed by atoms with Gasteiger partial charge in [0.1, 0.15) is 0 Å². The summed E-state index contributed by atoms with van der Waals surface area (Å²) < 4.78 is 0. The second-order valence-electron chi connectivity index (χ2n) is 5.02. The Morgan fingerprint density at radius 2 is 1.95 bits per heavy atom. The van der Waals surface area contributed by atoms with Crippen molar-refractivity contribution in [2.75, 3.05) is 11.6 Å². The van der Waals surface area contributed by atoms with Gasteiger partial charge in [-0.15, -0.1) is 5.53 Å². The van der Waals surface area contributed by atoms with Crippen LogP contribution in [0.1, 0.15) is 11.1 Å². The molecule has 2 aliphatic rings. The van der Waals surface area contributed by atoms with E-state index < -0.39 is 0 Å². The van der Waals surface area contributed by atoms with Gasteiger partial charge in [0.15, 0.2) is 0 Å². The van der Waals surface area contributed by atoms with Gasteiger partial charge in [0.05, 0.1) is 11.4 Å². The minimum Gasteiger partial charge on any atom is -0.288 e. The predicted octanol–water partition coefficient (Wildman–Crippen LogP) is 3.44. The van der Waals surface area contributed by atoms with Crippen molar-refractivity contribution in [2.45, 2.75) is 6.42 Å². The smallest absolute Gasteiger partial charge is 0.0791 e. The van der Waals surface area contributed by atoms with E-state index in [1.165, 1.54) is 16.8 Å². The quantitative estimate of drug-likeness (QED) is 0.865. The molecule has 0 bridgehead atoms. The van der Waals surface area contributed by atoms with Gasteiger partial charge in [0.2, 0.25) is 0 Å². The average Bonchev–Trinajstić information content (AvgIpc) is 2.92. The van der Waals surface area contributed by atoms with E-state index in [-0.39, 0.29) is 0 Å². The fourth-order valence-corrected chi connectivity index (χ4v) is 2.95. The molecule has 4 heteroatoms. The highest BCUT2D eigenvalue weighted by Gasteiger charge is 2.27. The number of nitrogens with zero attached hydrogens (tertiary/aromatic N) is 2. The molecule has 2 aromatic carbocycles. The molecule has 2 heterocycles. The molecule has 3 nitrogen and oxygen atoms in total. The van der Waals surface area contributed by atoms with Crippen molar-refractivity contribution in [1.29, 1.82) is 0 Å². The summed E-state index contributed by atoms with van der Waals surface area (Å²) in [5, 5.41) is 4.94. The minimum absolute atomic E-state index is 0.743. The fraction of sp³-hybridized carbons (Fsp3) is 0.125. The van der Waals surface area contributed by atoms with Gasteiger partial charge in [0.25, 0.3) is 0 Å². The summed E-state index contributed by atoms with van der Waals surface area (Å²) in [4.78, 5) is 0. The van der Waals surface area contributed by atoms with E-state index in [2.05, 4.69) is 41.0 Å². The number of anilines is 1. The maximum absolute atomic E-state index is 6.07. The maximum Gasteiger partial charge on any atom is 0.0791 e. The molecular weight excluding hydrogens is 270 g/mol. The standard InChI is InChI=1S/C16H14ClN3/c17-13-5-3-6-14(10-13)20-11-16-15-7-2-1-4-12(15)8-9-19(16)18-20/h1-7,10-11,18H,8-9H2. The van der Waals surface area contributed by atoms with Crippen LogP contribution in [0.5, 0.6) is 0 Å². The van der Waals surface area contributed by atoms with Crippen LogP contribution in [0.2, 0.25) is 5.02 Å². The van der Waals surface area contributed by atoms with E-state index in [0.29, 0.717) is 0 Å². The first-order chi connectivity index (χ1) is 9.81. The highest BCUT2D eigenvalue weighted by Crippen LogP contribution is 2.32. The monoisotopic (exact) mass is 283 g/mol. The van der Waals surface area contributed by atoms with E-state index in [1.54, 1.807) is 0 Å². The third-order valence-corrected chi connectivity index (χ3v) is 3.99. The van der Waals surface area contributed by atoms with E-state index in [1.807, 2.05) is 29.3 Å². The molecule has 0 aliphatic carbocycles. The highest BCUT2D eigenvalue weighted by molar-refractivity contribution is 6.30. The van der Waals surface area contributed by atoms with E-state index in [4.69, 9.17) is 11.6 Å². The Kier molecular flexibility index (Phi) is 2.69. The molecule has 0 fully saturated rings. The van der Waals surface area contributed by atoms with Crippen molar-refractivity contribution in [1.82, 2.24) is 10.5 Å². The van der Waals surface area contributed by atoms with Crippen LogP contribution in [0.25, 0.3) is 5.70 Å². The van der Waals surface area contributed by atoms with Crippen LogP contribution < -0.4 is 10.5 Å². The lowest BCUT2D eigenvalue weighted by atomic mass is 9.98. The summed E-state index contributed by atoms with van der Waals surface area (Å²) in [6.45, 7) is 0.972. The molecule has 0 unspecified atom stereocenters. The zero-order valence-corrected chi connectivity index (χ0v) is 11.6. The average molecular weight is 284 g/mol. The topological polar surface area (TPSA) is 18.5 Å². The van der Waals surface area contributed by atoms with Gasteiger partial charge in [-0.2, -0.15) is 0 Å². The Morgan fingerprint density at radius 1 is 1.05 bits per heavy atom. The van der Waals surface area contributed by atoms with Gasteiger partial charge >= 0.3 is 0 Å². The molecule has 0 spiro atoms. The summed E-state index contributed by atoms with van der Waals surface area (Å²) in [5.41, 5.74) is 8.35. The Balaban J connectivity index is 1.74. The molecule has 0 atom stereocenters. The zero-order valence-electron chi connectivity index (χ0n) is 10.9. The maximum atomic E-state index is 6.07. The van der Waals surface area contributed by atoms with Crippen LogP contribution in [-0.2, 0) is 6.42 Å². The molecule has 20 heavy (non-hydrogen) atoms. The Morgan fingerprint density at radius 3 is 2.85 bits per heavy atom. The predicted molar refractivity (Wildman–Crippen MR) is 81.9 cm³/mol. The summed E-state index contributed by atoms with van der Waals surface area (Å²) in [6, 6.07) is 16.4. The third kappa shape index (κ3) is 1.87. The fourth-order valence-electron chi connectivity index (χ4n) is 2.77. The molecule has 2 aromatic rings. The molecule has 0 saturated carbocycles. The highest BCUT2D eigenvalue weighted by atomic mass is 35.5. The third-order valence-electron chi connectivity index (χ3n) is 3.76. The summed E-state index contributed by atoms with van der Waals surface area (Å²) in [7, 11) is 0. The molecule has 2 aliphatic heterocycles. The zero-order chi connectivity index (χ0) is 13.5. The molecule has 0 amide bonds. The van der Waals surface area contributed by atoms with Crippen LogP contribution in [-0.4, -0.2) is 11.6 Å². The van der Waals surface area contributed by atoms with Crippen LogP contribution in [0, 0.1) is 0 Å². The lowest BCUT2D eigenvalue weighted by Gasteiger charge is -2.29. The van der Waals surface area contributed by atoms with Crippen molar-refractivity contribution in [3.63, 3.8) is 0 Å². The van der Waals surface area contributed by atoms with E-state index in [9.17, 15) is 0 Å². The molecule has 0 radical (unpaired) electrons. The van der Waals surface area contributed by atoms with Crippen LogP contribution in [0.15, 0.2) is 54.7 Å². The van der Waals surface area contributed by atoms with Gasteiger partial charge in [0, 0.05) is 23.3 Å². The lowest BCUT2D eigenvalue weighted by molar-refractivity contribution is 0.307. The van der Waals surface area contributed by atoms with Gasteiger partial charge in [-0.1, -0.05) is 41.9 Å². The number of fused-ring (bicyclic) bond motifs is 3. The number of nitrogens with one attached hydrogen (secondary N) is 1. The number of hydrazine groups is 2. The number of rotatable bonds is 1. The Hall–Kier alpha value is -1.97. The van der Waals surface area contributed by atoms with Crippen molar-refractivity contribution < 1.29 is 0 Å². The first kappa shape index (κ1) is 11.8. The van der Waals surface area contributed by atoms with Crippen molar-refractivity contribution in [3.05, 3.63) is 70.9 Å². The van der Waals surface area contributed by atoms with Crippen LogP contribution >= 0.6 is 11.6 Å². The van der Waals surface area contributed by atoms with Crippen LogP contribution in [0.3, 0.4) is 0 Å². The van der Waals surface area contributed by atoms with Crippen molar-refractivity contribution in [2.24, 2.45) is 0 Å². The second kappa shape index (κ2) is 4.54. The second-order valence-corrected chi connectivity index (χ2v) is 5.46. The normalized spacial score (nSPS) is 16.8. The SMILES string of the molecule is Clc1cccc(N2C=C3c4ccccc4CCN3N2)c1. The molecule has 0 saturated heterocycles. The summed E-state index contributed by atoms with van der Waals surface area (Å²) >= 11 is 6.07. The lowest BCUT2D eigenvalue weighted by Crippen LogP contribution is -2.42. The summed E-state index contributed by atoms with van der Waals surface area (Å²) in [5.74, 6) is 0. The largest absolute Gasteiger partial charge is 0.288 e. The van der Waals surface area contributed by atoms with E-state index >= 15 is 0 Å². The number of halogens is 1. The number of hydrogen-bond acceptors (Lipinski definition) is 3. The van der Waals surface area contributed by atoms with Gasteiger partial charge in [-0.05, 0) is 30.2 Å². The van der Waals surface area contributed by atoms with Crippen molar-refractivity contribution in [3.8, 4) is 0 Å². The molecule has 1 N–H and O–H groups in total. The molecule has 100 valence electrons.